The summed E-state index contributed by atoms with van der Waals surface area (Å²) in [5, 5.41) is 16.6. The molecule has 0 saturated heterocycles. The number of carbonyl (C=O) groups excluding carboxylic acids is 2. The molecule has 0 saturated carbocycles. The molecule has 1 amide bonds. The number of nitrogens with zero attached hydrogens (tertiary/aromatic N) is 2. The van der Waals surface area contributed by atoms with Crippen LogP contribution >= 0.6 is 11.6 Å². The van der Waals surface area contributed by atoms with Crippen LogP contribution < -0.4 is 5.32 Å². The highest BCUT2D eigenvalue weighted by atomic mass is 35.5. The van der Waals surface area contributed by atoms with Gasteiger partial charge in [-0.1, -0.05) is 29.8 Å². The number of phenolic OH excluding ortho intramolecular Hbond substituents is 1. The molecule has 0 fully saturated rings. The van der Waals surface area contributed by atoms with E-state index in [4.69, 9.17) is 11.6 Å². The Hall–Kier alpha value is -3.12. The van der Waals surface area contributed by atoms with Crippen molar-refractivity contribution in [3.8, 4) is 5.75 Å². The summed E-state index contributed by atoms with van der Waals surface area (Å²) in [6, 6.07) is 12.5. The summed E-state index contributed by atoms with van der Waals surface area (Å²) in [6.07, 6.45) is 2.55. The fraction of sp³-hybridized carbons (Fsp3) is 0. The Labute approximate surface area is 142 Å². The first-order valence-corrected chi connectivity index (χ1v) is 7.36. The van der Waals surface area contributed by atoms with E-state index < -0.39 is 11.8 Å². The number of aromatic hydroxyl groups is 1. The average molecular weight is 342 g/mol. The normalized spacial score (nSPS) is 10.4. The predicted molar refractivity (Wildman–Crippen MR) is 89.6 cm³/mol. The van der Waals surface area contributed by atoms with Gasteiger partial charge in [-0.05, 0) is 30.3 Å². The molecular formula is C17H12ClN3O3. The second-order valence-electron chi connectivity index (χ2n) is 4.96. The highest BCUT2D eigenvalue weighted by Crippen LogP contribution is 2.24. The maximum atomic E-state index is 12.4. The molecule has 1 aromatic heterocycles. The number of hydrogen-bond acceptors (Lipinski definition) is 4. The number of hydrogen-bond donors (Lipinski definition) is 2. The Morgan fingerprint density at radius 2 is 1.88 bits per heavy atom. The van der Waals surface area contributed by atoms with Crippen molar-refractivity contribution < 1.29 is 14.7 Å². The zero-order valence-electron chi connectivity index (χ0n) is 12.3. The molecule has 3 aromatic rings. The first kappa shape index (κ1) is 15.8. The zero-order valence-corrected chi connectivity index (χ0v) is 13.1. The number of phenols is 1. The van der Waals surface area contributed by atoms with Crippen LogP contribution in [-0.4, -0.2) is 26.7 Å². The van der Waals surface area contributed by atoms with Gasteiger partial charge in [-0.2, -0.15) is 9.78 Å². The number of aromatic nitrogens is 2. The second kappa shape index (κ2) is 6.55. The van der Waals surface area contributed by atoms with E-state index in [2.05, 4.69) is 10.4 Å². The van der Waals surface area contributed by atoms with Gasteiger partial charge in [0.05, 0.1) is 17.3 Å². The average Bonchev–Trinajstić information content (AvgIpc) is 3.07. The molecule has 0 radical (unpaired) electrons. The fourth-order valence-corrected chi connectivity index (χ4v) is 2.27. The van der Waals surface area contributed by atoms with Gasteiger partial charge in [-0.3, -0.25) is 4.79 Å². The first-order valence-electron chi connectivity index (χ1n) is 6.99. The monoisotopic (exact) mass is 341 g/mol. The lowest BCUT2D eigenvalue weighted by Crippen LogP contribution is -2.19. The number of benzene rings is 2. The molecule has 1 heterocycles. The topological polar surface area (TPSA) is 84.2 Å². The number of amides is 1. The largest absolute Gasteiger partial charge is 0.507 e. The number of rotatable bonds is 3. The van der Waals surface area contributed by atoms with Gasteiger partial charge in [0, 0.05) is 16.9 Å². The molecule has 0 aliphatic carbocycles. The lowest BCUT2D eigenvalue weighted by Gasteiger charge is -2.04. The van der Waals surface area contributed by atoms with Crippen LogP contribution in [0.5, 0.6) is 5.75 Å². The highest BCUT2D eigenvalue weighted by molar-refractivity contribution is 6.31. The summed E-state index contributed by atoms with van der Waals surface area (Å²) in [5.41, 5.74) is 0.819. The van der Waals surface area contributed by atoms with Gasteiger partial charge in [0.15, 0.2) is 5.78 Å². The van der Waals surface area contributed by atoms with Crippen LogP contribution in [0, 0.1) is 0 Å². The van der Waals surface area contributed by atoms with Crippen molar-refractivity contribution in [3.05, 3.63) is 77.1 Å². The van der Waals surface area contributed by atoms with Gasteiger partial charge in [-0.15, -0.1) is 0 Å². The predicted octanol–water partition coefficient (Wildman–Crippen LogP) is 3.55. The Morgan fingerprint density at radius 3 is 2.62 bits per heavy atom. The van der Waals surface area contributed by atoms with Crippen LogP contribution in [-0.2, 0) is 0 Å². The number of carbonyl (C=O) groups is 2. The van der Waals surface area contributed by atoms with Gasteiger partial charge < -0.3 is 10.4 Å². The van der Waals surface area contributed by atoms with E-state index >= 15 is 0 Å². The van der Waals surface area contributed by atoms with Crippen LogP contribution in [0.4, 0.5) is 10.5 Å². The maximum Gasteiger partial charge on any atom is 0.346 e. The summed E-state index contributed by atoms with van der Waals surface area (Å²) in [4.78, 5) is 24.5. The van der Waals surface area contributed by atoms with Crippen molar-refractivity contribution in [2.75, 3.05) is 5.32 Å². The standard InChI is InChI=1S/C17H12ClN3O3/c18-12-6-7-15(22)14(8-12)16(23)11-9-19-21(10-11)17(24)20-13-4-2-1-3-5-13/h1-10,22H,(H,20,24). The molecule has 7 heteroatoms. The molecule has 24 heavy (non-hydrogen) atoms. The van der Waals surface area contributed by atoms with Crippen LogP contribution in [0.25, 0.3) is 0 Å². The van der Waals surface area contributed by atoms with E-state index in [1.165, 1.54) is 30.6 Å². The van der Waals surface area contributed by atoms with Crippen molar-refractivity contribution in [2.45, 2.75) is 0 Å². The zero-order chi connectivity index (χ0) is 17.1. The molecule has 0 aliphatic rings. The lowest BCUT2D eigenvalue weighted by molar-refractivity contribution is 0.103. The Bertz CT molecular complexity index is 906. The van der Waals surface area contributed by atoms with Gasteiger partial charge in [0.2, 0.25) is 0 Å². The van der Waals surface area contributed by atoms with E-state index in [1.54, 1.807) is 24.3 Å². The smallest absolute Gasteiger partial charge is 0.346 e. The third kappa shape index (κ3) is 3.28. The highest BCUT2D eigenvalue weighted by Gasteiger charge is 2.17. The van der Waals surface area contributed by atoms with Crippen LogP contribution in [0.1, 0.15) is 15.9 Å². The van der Waals surface area contributed by atoms with Crippen molar-refractivity contribution in [3.63, 3.8) is 0 Å². The summed E-state index contributed by atoms with van der Waals surface area (Å²) in [7, 11) is 0. The molecule has 2 N–H and O–H groups in total. The summed E-state index contributed by atoms with van der Waals surface area (Å²) >= 11 is 5.85. The van der Waals surface area contributed by atoms with Crippen LogP contribution in [0.15, 0.2) is 60.9 Å². The molecule has 2 aromatic carbocycles. The third-order valence-corrected chi connectivity index (χ3v) is 3.52. The molecular weight excluding hydrogens is 330 g/mol. The molecule has 6 nitrogen and oxygen atoms in total. The minimum Gasteiger partial charge on any atom is -0.507 e. The first-order chi connectivity index (χ1) is 11.5. The van der Waals surface area contributed by atoms with Crippen LogP contribution in [0.3, 0.4) is 0 Å². The number of ketones is 1. The summed E-state index contributed by atoms with van der Waals surface area (Å²) in [6.45, 7) is 0. The van der Waals surface area contributed by atoms with Gasteiger partial charge in [-0.25, -0.2) is 4.79 Å². The maximum absolute atomic E-state index is 12.4. The summed E-state index contributed by atoms with van der Waals surface area (Å²) < 4.78 is 1.02. The third-order valence-electron chi connectivity index (χ3n) is 3.28. The SMILES string of the molecule is O=C(c1cnn(C(=O)Nc2ccccc2)c1)c1cc(Cl)ccc1O. The van der Waals surface area contributed by atoms with E-state index in [0.29, 0.717) is 10.7 Å². The van der Waals surface area contributed by atoms with Gasteiger partial charge >= 0.3 is 6.03 Å². The lowest BCUT2D eigenvalue weighted by atomic mass is 10.1. The molecule has 3 rings (SSSR count). The molecule has 0 atom stereocenters. The Morgan fingerprint density at radius 1 is 1.12 bits per heavy atom. The second-order valence-corrected chi connectivity index (χ2v) is 5.40. The van der Waals surface area contributed by atoms with Crippen molar-refractivity contribution in [1.29, 1.82) is 0 Å². The van der Waals surface area contributed by atoms with Gasteiger partial charge in [0.1, 0.15) is 5.75 Å². The Kier molecular flexibility index (Phi) is 4.31. The Balaban J connectivity index is 1.81. The molecule has 0 unspecified atom stereocenters. The number of para-hydroxylation sites is 1. The molecule has 0 bridgehead atoms. The quantitative estimate of drug-likeness (QED) is 0.713. The molecule has 0 spiro atoms. The van der Waals surface area contributed by atoms with Crippen molar-refractivity contribution in [2.24, 2.45) is 0 Å². The molecule has 0 aliphatic heterocycles. The molecule has 120 valence electrons. The number of halogens is 1. The fourth-order valence-electron chi connectivity index (χ4n) is 2.10. The number of nitrogens with one attached hydrogen (secondary N) is 1. The minimum absolute atomic E-state index is 0.0468. The van der Waals surface area contributed by atoms with Crippen LogP contribution in [0.2, 0.25) is 5.02 Å². The number of anilines is 1. The van der Waals surface area contributed by atoms with E-state index in [0.717, 1.165) is 4.68 Å². The van der Waals surface area contributed by atoms with E-state index in [1.807, 2.05) is 6.07 Å². The van der Waals surface area contributed by atoms with E-state index in [9.17, 15) is 14.7 Å². The summed E-state index contributed by atoms with van der Waals surface area (Å²) in [5.74, 6) is -0.667. The van der Waals surface area contributed by atoms with Crippen molar-refractivity contribution in [1.82, 2.24) is 9.78 Å². The van der Waals surface area contributed by atoms with Crippen molar-refractivity contribution >= 4 is 29.1 Å². The van der Waals surface area contributed by atoms with Gasteiger partial charge in [0.25, 0.3) is 0 Å². The minimum atomic E-state index is -0.504. The van der Waals surface area contributed by atoms with E-state index in [-0.39, 0.29) is 16.9 Å².